The predicted octanol–water partition coefficient (Wildman–Crippen LogP) is 2.65. The minimum absolute atomic E-state index is 0.00248. The average molecular weight is 575 g/mol. The van der Waals surface area contributed by atoms with Gasteiger partial charge < -0.3 is 15.4 Å². The van der Waals surface area contributed by atoms with Crippen LogP contribution in [0.3, 0.4) is 0 Å². The Bertz CT molecular complexity index is 1390. The molecule has 0 bridgehead atoms. The molecule has 4 aromatic rings. The second-order valence-corrected chi connectivity index (χ2v) is 8.34. The summed E-state index contributed by atoms with van der Waals surface area (Å²) in [5.41, 5.74) is 0.768. The van der Waals surface area contributed by atoms with Crippen LogP contribution in [0.5, 0.6) is 5.75 Å². The smallest absolute Gasteiger partial charge is 0.308 e. The standard InChI is InChI=1S/C22H20BrFN8O5/c1-36-16-5-2-13(3-6-16)21(33)26-11-14-12-31(30-27-14)9-8-25-20-19(28-37-29-20)22(34)32(35)15-4-7-18(24)17(23)10-15/h2-7,10,12,35H,8-9,11H2,1H3,(H,25,29)(H,26,33). The van der Waals surface area contributed by atoms with E-state index in [2.05, 4.69) is 51.8 Å². The molecule has 37 heavy (non-hydrogen) atoms. The SMILES string of the molecule is COc1ccc(C(=O)NCc2cn(CCNc3nonc3C(=O)N(O)c3ccc(F)c(Br)c3)nn2)cc1. The van der Waals surface area contributed by atoms with Crippen LogP contribution < -0.4 is 20.4 Å². The molecule has 0 unspecified atom stereocenters. The molecule has 3 N–H and O–H groups in total. The lowest BCUT2D eigenvalue weighted by atomic mass is 10.2. The number of halogens is 2. The van der Waals surface area contributed by atoms with Gasteiger partial charge in [-0.05, 0) is 68.7 Å². The van der Waals surface area contributed by atoms with Crippen molar-refractivity contribution in [3.05, 3.63) is 75.9 Å². The van der Waals surface area contributed by atoms with E-state index in [4.69, 9.17) is 4.74 Å². The third-order valence-electron chi connectivity index (χ3n) is 5.03. The van der Waals surface area contributed by atoms with Crippen LogP contribution in [0.25, 0.3) is 0 Å². The number of hydroxylamine groups is 1. The topological polar surface area (TPSA) is 161 Å². The van der Waals surface area contributed by atoms with Crippen molar-refractivity contribution in [3.8, 4) is 5.75 Å². The quantitative estimate of drug-likeness (QED) is 0.189. The summed E-state index contributed by atoms with van der Waals surface area (Å²) >= 11 is 3.00. The van der Waals surface area contributed by atoms with Gasteiger partial charge in [-0.1, -0.05) is 5.21 Å². The van der Waals surface area contributed by atoms with Crippen molar-refractivity contribution in [1.82, 2.24) is 30.6 Å². The second-order valence-electron chi connectivity index (χ2n) is 7.49. The van der Waals surface area contributed by atoms with Crippen LogP contribution in [0.4, 0.5) is 15.9 Å². The molecule has 2 aromatic carbocycles. The highest BCUT2D eigenvalue weighted by molar-refractivity contribution is 9.10. The molecule has 2 aromatic heterocycles. The molecule has 0 saturated carbocycles. The summed E-state index contributed by atoms with van der Waals surface area (Å²) in [5.74, 6) is -1.09. The maximum atomic E-state index is 13.4. The zero-order valence-corrected chi connectivity index (χ0v) is 20.8. The molecule has 0 fully saturated rings. The third kappa shape index (κ3) is 6.25. The van der Waals surface area contributed by atoms with Crippen molar-refractivity contribution in [3.63, 3.8) is 0 Å². The number of methoxy groups -OCH3 is 1. The van der Waals surface area contributed by atoms with E-state index < -0.39 is 11.7 Å². The number of benzene rings is 2. The first-order valence-corrected chi connectivity index (χ1v) is 11.5. The molecule has 192 valence electrons. The lowest BCUT2D eigenvalue weighted by Gasteiger charge is -2.14. The maximum Gasteiger partial charge on any atom is 0.308 e. The number of carbonyl (C=O) groups is 2. The predicted molar refractivity (Wildman–Crippen MR) is 130 cm³/mol. The largest absolute Gasteiger partial charge is 0.497 e. The van der Waals surface area contributed by atoms with E-state index in [9.17, 15) is 19.2 Å². The lowest BCUT2D eigenvalue weighted by Crippen LogP contribution is -2.28. The highest BCUT2D eigenvalue weighted by Crippen LogP contribution is 2.24. The van der Waals surface area contributed by atoms with E-state index in [0.29, 0.717) is 28.6 Å². The number of carbonyl (C=O) groups excluding carboxylic acids is 2. The number of rotatable bonds is 10. The first kappa shape index (κ1) is 25.7. The van der Waals surface area contributed by atoms with Crippen molar-refractivity contribution < 1.29 is 28.6 Å². The number of anilines is 2. The van der Waals surface area contributed by atoms with Gasteiger partial charge in [0.05, 0.1) is 36.6 Å². The number of ether oxygens (including phenoxy) is 1. The van der Waals surface area contributed by atoms with E-state index in [-0.39, 0.29) is 40.7 Å². The molecule has 0 radical (unpaired) electrons. The molecular weight excluding hydrogens is 555 g/mol. The Morgan fingerprint density at radius 1 is 1.22 bits per heavy atom. The Labute approximate surface area is 217 Å². The van der Waals surface area contributed by atoms with Crippen LogP contribution >= 0.6 is 15.9 Å². The summed E-state index contributed by atoms with van der Waals surface area (Å²) < 4.78 is 24.8. The Kier molecular flexibility index (Phi) is 8.05. The molecule has 0 atom stereocenters. The van der Waals surface area contributed by atoms with Crippen LogP contribution in [0, 0.1) is 5.82 Å². The molecule has 2 amide bonds. The minimum atomic E-state index is -0.932. The molecule has 13 nitrogen and oxygen atoms in total. The van der Waals surface area contributed by atoms with E-state index in [1.54, 1.807) is 37.6 Å². The second kappa shape index (κ2) is 11.6. The molecule has 0 aliphatic heterocycles. The van der Waals surface area contributed by atoms with Crippen molar-refractivity contribution in [2.75, 3.05) is 24.0 Å². The summed E-state index contributed by atoms with van der Waals surface area (Å²) in [7, 11) is 1.55. The molecule has 4 rings (SSSR count). The number of hydrogen-bond acceptors (Lipinski definition) is 10. The molecule has 2 heterocycles. The van der Waals surface area contributed by atoms with E-state index in [0.717, 1.165) is 6.07 Å². The highest BCUT2D eigenvalue weighted by atomic mass is 79.9. The fourth-order valence-electron chi connectivity index (χ4n) is 3.11. The first-order chi connectivity index (χ1) is 17.9. The zero-order valence-electron chi connectivity index (χ0n) is 19.3. The molecule has 0 aliphatic carbocycles. The Morgan fingerprint density at radius 3 is 2.73 bits per heavy atom. The lowest BCUT2D eigenvalue weighted by molar-refractivity contribution is 0.0844. The first-order valence-electron chi connectivity index (χ1n) is 10.7. The molecule has 0 spiro atoms. The van der Waals surface area contributed by atoms with Crippen LogP contribution in [-0.2, 0) is 13.1 Å². The van der Waals surface area contributed by atoms with Crippen LogP contribution in [0.15, 0.2) is 57.8 Å². The fourth-order valence-corrected chi connectivity index (χ4v) is 3.48. The minimum Gasteiger partial charge on any atom is -0.497 e. The highest BCUT2D eigenvalue weighted by Gasteiger charge is 2.25. The summed E-state index contributed by atoms with van der Waals surface area (Å²) in [6.45, 7) is 0.757. The summed E-state index contributed by atoms with van der Waals surface area (Å²) in [6.07, 6.45) is 1.66. The Morgan fingerprint density at radius 2 is 2.00 bits per heavy atom. The van der Waals surface area contributed by atoms with Gasteiger partial charge in [0.1, 0.15) is 17.3 Å². The van der Waals surface area contributed by atoms with Crippen molar-refractivity contribution in [2.45, 2.75) is 13.1 Å². The van der Waals surface area contributed by atoms with Gasteiger partial charge in [0.25, 0.3) is 5.91 Å². The summed E-state index contributed by atoms with van der Waals surface area (Å²) in [6, 6.07) is 10.2. The number of hydrogen-bond donors (Lipinski definition) is 3. The number of nitrogens with one attached hydrogen (secondary N) is 2. The summed E-state index contributed by atoms with van der Waals surface area (Å²) in [5, 5.41) is 31.4. The Hall–Kier alpha value is -4.37. The van der Waals surface area contributed by atoms with Gasteiger partial charge in [0.2, 0.25) is 11.5 Å². The summed E-state index contributed by atoms with van der Waals surface area (Å²) in [4.78, 5) is 24.9. The van der Waals surface area contributed by atoms with E-state index in [1.807, 2.05) is 0 Å². The van der Waals surface area contributed by atoms with Gasteiger partial charge >= 0.3 is 5.91 Å². The molecule has 0 saturated heterocycles. The fraction of sp³-hybridized carbons (Fsp3) is 0.182. The van der Waals surface area contributed by atoms with E-state index in [1.165, 1.54) is 16.8 Å². The molecule has 15 heteroatoms. The van der Waals surface area contributed by atoms with Crippen LogP contribution in [0.2, 0.25) is 0 Å². The molecule has 0 aliphatic rings. The van der Waals surface area contributed by atoms with Crippen molar-refractivity contribution >= 4 is 39.2 Å². The maximum absolute atomic E-state index is 13.4. The monoisotopic (exact) mass is 574 g/mol. The zero-order chi connectivity index (χ0) is 26.4. The van der Waals surface area contributed by atoms with Gasteiger partial charge in [-0.25, -0.2) is 9.02 Å². The number of amides is 2. The van der Waals surface area contributed by atoms with Gasteiger partial charge in [0, 0.05) is 12.1 Å². The third-order valence-corrected chi connectivity index (χ3v) is 5.64. The van der Waals surface area contributed by atoms with Gasteiger partial charge in [-0.2, -0.15) is 5.06 Å². The number of aromatic nitrogens is 5. The average Bonchev–Trinajstić information content (AvgIpc) is 3.57. The van der Waals surface area contributed by atoms with Crippen LogP contribution in [0.1, 0.15) is 26.5 Å². The van der Waals surface area contributed by atoms with Gasteiger partial charge in [0.15, 0.2) is 0 Å². The number of nitrogens with zero attached hydrogens (tertiary/aromatic N) is 6. The van der Waals surface area contributed by atoms with E-state index >= 15 is 0 Å². The normalized spacial score (nSPS) is 10.7. The van der Waals surface area contributed by atoms with Crippen LogP contribution in [-0.4, -0.2) is 56.0 Å². The Balaban J connectivity index is 1.28. The van der Waals surface area contributed by atoms with Crippen molar-refractivity contribution in [2.24, 2.45) is 0 Å². The molecular formula is C22H20BrFN8O5. The van der Waals surface area contributed by atoms with Crippen molar-refractivity contribution in [1.29, 1.82) is 0 Å². The van der Waals surface area contributed by atoms with Gasteiger partial charge in [-0.15, -0.1) is 5.10 Å². The van der Waals surface area contributed by atoms with Gasteiger partial charge in [-0.3, -0.25) is 19.5 Å².